The standard InChI is InChI=1S/C16H20N2O4/c1-18(10-14(19)17-12-7-8-12)15(20)9-6-11-4-2-3-5-13(11)16(21)22/h2-5,12H,6-10H2,1H3,(H,17,19)(H,21,22). The highest BCUT2D eigenvalue weighted by Crippen LogP contribution is 2.18. The van der Waals surface area contributed by atoms with Crippen molar-refractivity contribution in [3.05, 3.63) is 35.4 Å². The van der Waals surface area contributed by atoms with E-state index in [9.17, 15) is 14.4 Å². The van der Waals surface area contributed by atoms with Gasteiger partial charge < -0.3 is 15.3 Å². The first-order chi connectivity index (χ1) is 10.5. The zero-order valence-electron chi connectivity index (χ0n) is 12.5. The molecular weight excluding hydrogens is 284 g/mol. The lowest BCUT2D eigenvalue weighted by Gasteiger charge is -2.17. The lowest BCUT2D eigenvalue weighted by Crippen LogP contribution is -2.39. The van der Waals surface area contributed by atoms with Crippen LogP contribution in [0.1, 0.15) is 35.2 Å². The van der Waals surface area contributed by atoms with Gasteiger partial charge in [0.25, 0.3) is 0 Å². The molecule has 0 atom stereocenters. The normalized spacial score (nSPS) is 13.5. The van der Waals surface area contributed by atoms with Gasteiger partial charge in [-0.1, -0.05) is 18.2 Å². The number of hydrogen-bond acceptors (Lipinski definition) is 3. The second-order valence-corrected chi connectivity index (χ2v) is 5.55. The van der Waals surface area contributed by atoms with Gasteiger partial charge in [-0.15, -0.1) is 0 Å². The van der Waals surface area contributed by atoms with Gasteiger partial charge in [-0.05, 0) is 30.9 Å². The largest absolute Gasteiger partial charge is 0.478 e. The number of rotatable bonds is 7. The summed E-state index contributed by atoms with van der Waals surface area (Å²) in [5, 5.41) is 11.9. The second-order valence-electron chi connectivity index (χ2n) is 5.55. The van der Waals surface area contributed by atoms with Crippen LogP contribution >= 0.6 is 0 Å². The minimum atomic E-state index is -1.000. The third-order valence-electron chi connectivity index (χ3n) is 3.60. The Balaban J connectivity index is 1.83. The Morgan fingerprint density at radius 1 is 1.27 bits per heavy atom. The second kappa shape index (κ2) is 7.06. The number of carbonyl (C=O) groups excluding carboxylic acids is 2. The molecule has 0 aromatic heterocycles. The molecule has 0 radical (unpaired) electrons. The van der Waals surface area contributed by atoms with E-state index in [1.165, 1.54) is 11.0 Å². The number of carboxylic acid groups (broad SMARTS) is 1. The first-order valence-corrected chi connectivity index (χ1v) is 7.32. The van der Waals surface area contributed by atoms with Crippen molar-refractivity contribution in [3.8, 4) is 0 Å². The molecule has 0 saturated heterocycles. The van der Waals surface area contributed by atoms with Crippen LogP contribution in [0.4, 0.5) is 0 Å². The van der Waals surface area contributed by atoms with Crippen molar-refractivity contribution in [1.29, 1.82) is 0 Å². The summed E-state index contributed by atoms with van der Waals surface area (Å²) in [6, 6.07) is 6.91. The fourth-order valence-electron chi connectivity index (χ4n) is 2.18. The smallest absolute Gasteiger partial charge is 0.335 e. The highest BCUT2D eigenvalue weighted by molar-refractivity contribution is 5.90. The van der Waals surface area contributed by atoms with Crippen molar-refractivity contribution < 1.29 is 19.5 Å². The Morgan fingerprint density at radius 3 is 2.59 bits per heavy atom. The fourth-order valence-corrected chi connectivity index (χ4v) is 2.18. The molecule has 118 valence electrons. The van der Waals surface area contributed by atoms with Gasteiger partial charge in [0.2, 0.25) is 11.8 Å². The summed E-state index contributed by atoms with van der Waals surface area (Å²) in [6.07, 6.45) is 2.54. The number of nitrogens with one attached hydrogen (secondary N) is 1. The summed E-state index contributed by atoms with van der Waals surface area (Å²) in [5.74, 6) is -1.32. The average molecular weight is 304 g/mol. The van der Waals surface area contributed by atoms with E-state index in [0.717, 1.165) is 12.8 Å². The highest BCUT2D eigenvalue weighted by atomic mass is 16.4. The lowest BCUT2D eigenvalue weighted by molar-refractivity contribution is -0.134. The number of carbonyl (C=O) groups is 3. The fraction of sp³-hybridized carbons (Fsp3) is 0.438. The maximum atomic E-state index is 12.0. The van der Waals surface area contributed by atoms with Crippen molar-refractivity contribution in [2.45, 2.75) is 31.7 Å². The maximum absolute atomic E-state index is 12.0. The van der Waals surface area contributed by atoms with Crippen LogP contribution in [0, 0.1) is 0 Å². The maximum Gasteiger partial charge on any atom is 0.335 e. The summed E-state index contributed by atoms with van der Waals surface area (Å²) in [4.78, 5) is 36.2. The van der Waals surface area contributed by atoms with Crippen LogP contribution in [-0.4, -0.2) is 47.4 Å². The molecule has 2 N–H and O–H groups in total. The van der Waals surface area contributed by atoms with Crippen LogP contribution in [0.5, 0.6) is 0 Å². The molecule has 1 aliphatic rings. The first-order valence-electron chi connectivity index (χ1n) is 7.32. The van der Waals surface area contributed by atoms with E-state index < -0.39 is 5.97 Å². The third-order valence-corrected chi connectivity index (χ3v) is 3.60. The van der Waals surface area contributed by atoms with E-state index in [1.807, 2.05) is 0 Å². The monoisotopic (exact) mass is 304 g/mol. The van der Waals surface area contributed by atoms with Crippen LogP contribution < -0.4 is 5.32 Å². The number of nitrogens with zero attached hydrogens (tertiary/aromatic N) is 1. The predicted molar refractivity (Wildman–Crippen MR) is 80.5 cm³/mol. The predicted octanol–water partition coefficient (Wildman–Crippen LogP) is 1.05. The summed E-state index contributed by atoms with van der Waals surface area (Å²) >= 11 is 0. The molecule has 2 amide bonds. The van der Waals surface area contributed by atoms with Crippen LogP contribution in [0.2, 0.25) is 0 Å². The van der Waals surface area contributed by atoms with E-state index in [-0.39, 0.29) is 36.4 Å². The Morgan fingerprint density at radius 2 is 1.95 bits per heavy atom. The van der Waals surface area contributed by atoms with Gasteiger partial charge in [-0.3, -0.25) is 9.59 Å². The van der Waals surface area contributed by atoms with Crippen LogP contribution in [0.25, 0.3) is 0 Å². The SMILES string of the molecule is CN(CC(=O)NC1CC1)C(=O)CCc1ccccc1C(=O)O. The Hall–Kier alpha value is -2.37. The molecule has 0 bridgehead atoms. The van der Waals surface area contributed by atoms with Gasteiger partial charge >= 0.3 is 5.97 Å². The molecule has 1 saturated carbocycles. The van der Waals surface area contributed by atoms with Crippen molar-refractivity contribution in [3.63, 3.8) is 0 Å². The van der Waals surface area contributed by atoms with Gasteiger partial charge in [-0.2, -0.15) is 0 Å². The molecule has 0 spiro atoms. The van der Waals surface area contributed by atoms with Gasteiger partial charge in [0.15, 0.2) is 0 Å². The molecule has 1 fully saturated rings. The van der Waals surface area contributed by atoms with Gasteiger partial charge in [0, 0.05) is 19.5 Å². The zero-order chi connectivity index (χ0) is 16.1. The van der Waals surface area contributed by atoms with Gasteiger partial charge in [0.1, 0.15) is 0 Å². The van der Waals surface area contributed by atoms with Gasteiger partial charge in [0.05, 0.1) is 12.1 Å². The molecule has 6 nitrogen and oxygen atoms in total. The van der Waals surface area contributed by atoms with Crippen LogP contribution in [0.3, 0.4) is 0 Å². The van der Waals surface area contributed by atoms with Crippen LogP contribution in [-0.2, 0) is 16.0 Å². The van der Waals surface area contributed by atoms with Crippen molar-refractivity contribution >= 4 is 17.8 Å². The minimum absolute atomic E-state index is 0.0376. The topological polar surface area (TPSA) is 86.7 Å². The summed E-state index contributed by atoms with van der Waals surface area (Å²) in [6.45, 7) is 0.0376. The van der Waals surface area contributed by atoms with E-state index >= 15 is 0 Å². The highest BCUT2D eigenvalue weighted by Gasteiger charge is 2.24. The molecule has 1 aromatic carbocycles. The van der Waals surface area contributed by atoms with E-state index in [1.54, 1.807) is 25.2 Å². The van der Waals surface area contributed by atoms with E-state index in [0.29, 0.717) is 12.0 Å². The molecule has 1 aromatic rings. The Labute approximate surface area is 129 Å². The van der Waals surface area contributed by atoms with Gasteiger partial charge in [-0.25, -0.2) is 4.79 Å². The van der Waals surface area contributed by atoms with Crippen molar-refractivity contribution in [2.24, 2.45) is 0 Å². The number of hydrogen-bond donors (Lipinski definition) is 2. The lowest BCUT2D eigenvalue weighted by atomic mass is 10.0. The molecule has 22 heavy (non-hydrogen) atoms. The van der Waals surface area contributed by atoms with Crippen LogP contribution in [0.15, 0.2) is 24.3 Å². The molecule has 1 aliphatic carbocycles. The number of amides is 2. The third kappa shape index (κ3) is 4.58. The Kier molecular flexibility index (Phi) is 5.14. The van der Waals surface area contributed by atoms with E-state index in [4.69, 9.17) is 5.11 Å². The number of benzene rings is 1. The van der Waals surface area contributed by atoms with Crippen molar-refractivity contribution in [2.75, 3.05) is 13.6 Å². The molecule has 0 heterocycles. The summed E-state index contributed by atoms with van der Waals surface area (Å²) < 4.78 is 0. The minimum Gasteiger partial charge on any atom is -0.478 e. The molecular formula is C16H20N2O4. The molecule has 0 unspecified atom stereocenters. The average Bonchev–Trinajstić information content (AvgIpc) is 3.28. The first kappa shape index (κ1) is 16.0. The van der Waals surface area contributed by atoms with E-state index in [2.05, 4.69) is 5.32 Å². The molecule has 6 heteroatoms. The molecule has 0 aliphatic heterocycles. The van der Waals surface area contributed by atoms with Crippen molar-refractivity contribution in [1.82, 2.24) is 10.2 Å². The number of carboxylic acids is 1. The summed E-state index contributed by atoms with van der Waals surface area (Å²) in [7, 11) is 1.58. The number of aryl methyl sites for hydroxylation is 1. The zero-order valence-corrected chi connectivity index (χ0v) is 12.5. The number of aromatic carboxylic acids is 1. The quantitative estimate of drug-likeness (QED) is 0.788. The summed E-state index contributed by atoms with van der Waals surface area (Å²) in [5.41, 5.74) is 0.837. The number of likely N-dealkylation sites (N-methyl/N-ethyl adjacent to an activating group) is 1. The Bertz CT molecular complexity index is 581. The molecule has 2 rings (SSSR count).